The van der Waals surface area contributed by atoms with Crippen molar-refractivity contribution in [2.45, 2.75) is 24.8 Å². The molecule has 0 aliphatic carbocycles. The van der Waals surface area contributed by atoms with Crippen LogP contribution in [-0.2, 0) is 17.0 Å². The number of thioether (sulfide) groups is 1. The zero-order valence-electron chi connectivity index (χ0n) is 9.32. The van der Waals surface area contributed by atoms with Gasteiger partial charge in [-0.3, -0.25) is 0 Å². The van der Waals surface area contributed by atoms with Crippen molar-refractivity contribution in [3.63, 3.8) is 0 Å². The molecular weight excluding hydrogens is 222 g/mol. The van der Waals surface area contributed by atoms with Crippen molar-refractivity contribution < 1.29 is 4.74 Å². The molecule has 0 aromatic carbocycles. The Morgan fingerprint density at radius 1 is 1.50 bits per heavy atom. The molecule has 0 spiro atoms. The van der Waals surface area contributed by atoms with Gasteiger partial charge in [0.05, 0.1) is 30.3 Å². The van der Waals surface area contributed by atoms with Crippen molar-refractivity contribution in [3.8, 4) is 0 Å². The van der Waals surface area contributed by atoms with Gasteiger partial charge in [-0.25, -0.2) is 4.98 Å². The van der Waals surface area contributed by atoms with Crippen molar-refractivity contribution in [1.29, 1.82) is 0 Å². The first kappa shape index (κ1) is 10.6. The highest BCUT2D eigenvalue weighted by atomic mass is 32.2. The zero-order chi connectivity index (χ0) is 10.8. The fourth-order valence-corrected chi connectivity index (χ4v) is 3.23. The van der Waals surface area contributed by atoms with Gasteiger partial charge in [0.25, 0.3) is 0 Å². The van der Waals surface area contributed by atoms with E-state index in [1.807, 2.05) is 18.0 Å². The van der Waals surface area contributed by atoms with E-state index in [1.54, 1.807) is 0 Å². The maximum atomic E-state index is 5.47. The summed E-state index contributed by atoms with van der Waals surface area (Å²) in [6, 6.07) is 0.423. The maximum absolute atomic E-state index is 5.47. The zero-order valence-corrected chi connectivity index (χ0v) is 10.1. The third-order valence-corrected chi connectivity index (χ3v) is 4.14. The number of nitrogens with zero attached hydrogens (tertiary/aromatic N) is 2. The Kier molecular flexibility index (Phi) is 3.17. The van der Waals surface area contributed by atoms with Crippen LogP contribution in [-0.4, -0.2) is 35.1 Å². The highest BCUT2D eigenvalue weighted by Gasteiger charge is 2.21. The molecule has 0 bridgehead atoms. The molecular formula is C11H17N3OS. The lowest BCUT2D eigenvalue weighted by Gasteiger charge is -2.21. The van der Waals surface area contributed by atoms with E-state index in [0.29, 0.717) is 6.04 Å². The smallest absolute Gasteiger partial charge is 0.118 e. The van der Waals surface area contributed by atoms with Gasteiger partial charge in [-0.2, -0.15) is 11.8 Å². The lowest BCUT2D eigenvalue weighted by molar-refractivity contribution is 0.149. The number of imidazole rings is 1. The standard InChI is InChI=1S/C11H17N3OS/c1-4-15-5-2-12-9(1)10-7-13-11-8-16-6-3-14(10)11/h7,9,12H,1-6,8H2. The van der Waals surface area contributed by atoms with Gasteiger partial charge in [0.15, 0.2) is 0 Å². The van der Waals surface area contributed by atoms with E-state index in [1.165, 1.54) is 17.3 Å². The Balaban J connectivity index is 1.84. The molecule has 1 aromatic rings. The summed E-state index contributed by atoms with van der Waals surface area (Å²) in [6.45, 7) is 3.73. The van der Waals surface area contributed by atoms with Gasteiger partial charge in [-0.05, 0) is 6.42 Å². The number of hydrogen-bond acceptors (Lipinski definition) is 4. The van der Waals surface area contributed by atoms with Crippen molar-refractivity contribution >= 4 is 11.8 Å². The monoisotopic (exact) mass is 239 g/mol. The van der Waals surface area contributed by atoms with Crippen LogP contribution in [0.4, 0.5) is 0 Å². The van der Waals surface area contributed by atoms with E-state index in [9.17, 15) is 0 Å². The average molecular weight is 239 g/mol. The van der Waals surface area contributed by atoms with E-state index >= 15 is 0 Å². The van der Waals surface area contributed by atoms with Gasteiger partial charge >= 0.3 is 0 Å². The molecule has 2 aliphatic rings. The normalized spacial score (nSPS) is 26.1. The van der Waals surface area contributed by atoms with Crippen molar-refractivity contribution in [1.82, 2.24) is 14.9 Å². The lowest BCUT2D eigenvalue weighted by Crippen LogP contribution is -2.26. The average Bonchev–Trinajstić information content (AvgIpc) is 2.57. The predicted molar refractivity (Wildman–Crippen MR) is 64.6 cm³/mol. The first-order valence-corrected chi connectivity index (χ1v) is 7.04. The molecule has 1 unspecified atom stereocenters. The summed E-state index contributed by atoms with van der Waals surface area (Å²) in [7, 11) is 0. The van der Waals surface area contributed by atoms with Crippen LogP contribution in [0.15, 0.2) is 6.20 Å². The fraction of sp³-hybridized carbons (Fsp3) is 0.727. The number of fused-ring (bicyclic) bond motifs is 1. The number of aromatic nitrogens is 2. The van der Waals surface area contributed by atoms with Crippen molar-refractivity contribution in [3.05, 3.63) is 17.7 Å². The fourth-order valence-electron chi connectivity index (χ4n) is 2.36. The first-order chi connectivity index (χ1) is 7.95. The summed E-state index contributed by atoms with van der Waals surface area (Å²) in [6.07, 6.45) is 3.10. The van der Waals surface area contributed by atoms with Crippen LogP contribution < -0.4 is 5.32 Å². The topological polar surface area (TPSA) is 39.1 Å². The second kappa shape index (κ2) is 4.77. The Morgan fingerprint density at radius 2 is 2.50 bits per heavy atom. The number of hydrogen-bond donors (Lipinski definition) is 1. The summed E-state index contributed by atoms with van der Waals surface area (Å²) >= 11 is 1.97. The number of ether oxygens (including phenoxy) is 1. The highest BCUT2D eigenvalue weighted by Crippen LogP contribution is 2.25. The summed E-state index contributed by atoms with van der Waals surface area (Å²) in [5.41, 5.74) is 1.35. The van der Waals surface area contributed by atoms with Gasteiger partial charge < -0.3 is 14.6 Å². The summed E-state index contributed by atoms with van der Waals surface area (Å²) in [5, 5.41) is 3.54. The Labute approximate surface area is 99.8 Å². The molecule has 16 heavy (non-hydrogen) atoms. The molecule has 0 radical (unpaired) electrons. The van der Waals surface area contributed by atoms with E-state index < -0.39 is 0 Å². The third kappa shape index (κ3) is 1.99. The van der Waals surface area contributed by atoms with Gasteiger partial charge in [-0.15, -0.1) is 0 Å². The molecule has 1 N–H and O–H groups in total. The molecule has 5 heteroatoms. The van der Waals surface area contributed by atoms with Gasteiger partial charge in [0.2, 0.25) is 0 Å². The molecule has 4 nitrogen and oxygen atoms in total. The Hall–Kier alpha value is -0.520. The molecule has 2 aliphatic heterocycles. The number of nitrogens with one attached hydrogen (secondary N) is 1. The third-order valence-electron chi connectivity index (χ3n) is 3.20. The lowest BCUT2D eigenvalue weighted by atomic mass is 10.1. The van der Waals surface area contributed by atoms with Crippen LogP contribution in [0.3, 0.4) is 0 Å². The van der Waals surface area contributed by atoms with Gasteiger partial charge in [0.1, 0.15) is 5.82 Å². The molecule has 3 heterocycles. The van der Waals surface area contributed by atoms with Crippen LogP contribution >= 0.6 is 11.8 Å². The second-order valence-electron chi connectivity index (χ2n) is 4.21. The molecule has 88 valence electrons. The summed E-state index contributed by atoms with van der Waals surface area (Å²) in [5.74, 6) is 3.50. The quantitative estimate of drug-likeness (QED) is 0.799. The first-order valence-electron chi connectivity index (χ1n) is 5.88. The largest absolute Gasteiger partial charge is 0.380 e. The second-order valence-corrected chi connectivity index (χ2v) is 5.32. The van der Waals surface area contributed by atoms with Crippen LogP contribution in [0.25, 0.3) is 0 Å². The van der Waals surface area contributed by atoms with Crippen LogP contribution in [0.5, 0.6) is 0 Å². The van der Waals surface area contributed by atoms with Crippen molar-refractivity contribution in [2.24, 2.45) is 0 Å². The highest BCUT2D eigenvalue weighted by molar-refractivity contribution is 7.98. The summed E-state index contributed by atoms with van der Waals surface area (Å²) < 4.78 is 7.86. The van der Waals surface area contributed by atoms with Crippen LogP contribution in [0, 0.1) is 0 Å². The minimum atomic E-state index is 0.423. The number of rotatable bonds is 1. The molecule has 0 amide bonds. The minimum Gasteiger partial charge on any atom is -0.380 e. The molecule has 3 rings (SSSR count). The molecule has 1 atom stereocenters. The van der Waals surface area contributed by atoms with Gasteiger partial charge in [-0.1, -0.05) is 0 Å². The predicted octanol–water partition coefficient (Wildman–Crippen LogP) is 1.18. The minimum absolute atomic E-state index is 0.423. The maximum Gasteiger partial charge on any atom is 0.118 e. The van der Waals surface area contributed by atoms with E-state index in [4.69, 9.17) is 4.74 Å². The molecule has 1 aromatic heterocycles. The summed E-state index contributed by atoms with van der Waals surface area (Å²) in [4.78, 5) is 4.52. The van der Waals surface area contributed by atoms with Crippen LogP contribution in [0.1, 0.15) is 24.0 Å². The van der Waals surface area contributed by atoms with Crippen LogP contribution in [0.2, 0.25) is 0 Å². The molecule has 1 fully saturated rings. The molecule has 0 saturated carbocycles. The Bertz CT molecular complexity index is 358. The van der Waals surface area contributed by atoms with Gasteiger partial charge in [0, 0.05) is 25.4 Å². The SMILES string of the molecule is c1nc2n(c1C1CCOCCN1)CCSC2. The van der Waals surface area contributed by atoms with E-state index in [2.05, 4.69) is 14.9 Å². The van der Waals surface area contributed by atoms with Crippen molar-refractivity contribution in [2.75, 3.05) is 25.5 Å². The van der Waals surface area contributed by atoms with E-state index in [0.717, 1.165) is 38.5 Å². The van der Waals surface area contributed by atoms with E-state index in [-0.39, 0.29) is 0 Å². The Morgan fingerprint density at radius 3 is 3.50 bits per heavy atom. The molecule has 1 saturated heterocycles.